The van der Waals surface area contributed by atoms with Gasteiger partial charge in [-0.1, -0.05) is 30.3 Å². The fraction of sp³-hybridized carbons (Fsp3) is 0.200. The first-order chi connectivity index (χ1) is 11.2. The summed E-state index contributed by atoms with van der Waals surface area (Å²) in [6.07, 6.45) is 0. The molecule has 0 aromatic heterocycles. The zero-order valence-electron chi connectivity index (χ0n) is 13.3. The van der Waals surface area contributed by atoms with Crippen LogP contribution in [0.25, 0.3) is 21.9 Å². The van der Waals surface area contributed by atoms with Gasteiger partial charge in [0, 0.05) is 5.39 Å². The fourth-order valence-corrected chi connectivity index (χ4v) is 2.63. The average Bonchev–Trinajstić information content (AvgIpc) is 2.58. The third-order valence-corrected chi connectivity index (χ3v) is 3.72. The lowest BCUT2D eigenvalue weighted by Gasteiger charge is -2.09. The molecule has 0 bridgehead atoms. The molecule has 0 atom stereocenters. The molecule has 0 aliphatic carbocycles. The monoisotopic (exact) mass is 310 g/mol. The van der Waals surface area contributed by atoms with Crippen LogP contribution >= 0.6 is 0 Å². The van der Waals surface area contributed by atoms with Gasteiger partial charge in [0.25, 0.3) is 0 Å². The summed E-state index contributed by atoms with van der Waals surface area (Å²) in [5.41, 5.74) is 2.12. The van der Waals surface area contributed by atoms with E-state index in [0.29, 0.717) is 24.3 Å². The van der Waals surface area contributed by atoms with Gasteiger partial charge in [-0.15, -0.1) is 0 Å². The summed E-state index contributed by atoms with van der Waals surface area (Å²) in [6, 6.07) is 17.2. The number of rotatable bonds is 5. The molecule has 3 aromatic rings. The maximum absolute atomic E-state index is 14.4. The Kier molecular flexibility index (Phi) is 4.47. The van der Waals surface area contributed by atoms with Gasteiger partial charge in [0.1, 0.15) is 5.75 Å². The molecule has 0 aliphatic heterocycles. The Bertz CT molecular complexity index is 810. The smallest absolute Gasteiger partial charge is 0.172 e. The molecule has 0 unspecified atom stereocenters. The maximum atomic E-state index is 14.4. The minimum atomic E-state index is -0.303. The Morgan fingerprint density at radius 1 is 0.783 bits per heavy atom. The topological polar surface area (TPSA) is 18.5 Å². The summed E-state index contributed by atoms with van der Waals surface area (Å²) in [5.74, 6) is 0.848. The van der Waals surface area contributed by atoms with Crippen LogP contribution in [0.5, 0.6) is 11.5 Å². The molecule has 0 amide bonds. The molecule has 0 heterocycles. The molecule has 3 heteroatoms. The molecule has 118 valence electrons. The summed E-state index contributed by atoms with van der Waals surface area (Å²) in [7, 11) is 0. The van der Waals surface area contributed by atoms with Crippen molar-refractivity contribution in [3.8, 4) is 22.6 Å². The number of fused-ring (bicyclic) bond motifs is 1. The van der Waals surface area contributed by atoms with Crippen LogP contribution in [-0.4, -0.2) is 13.2 Å². The van der Waals surface area contributed by atoms with Crippen LogP contribution in [0.1, 0.15) is 13.8 Å². The van der Waals surface area contributed by atoms with E-state index in [0.717, 1.165) is 22.3 Å². The second kappa shape index (κ2) is 6.69. The minimum absolute atomic E-state index is 0.300. The second-order valence-corrected chi connectivity index (χ2v) is 5.20. The molecule has 23 heavy (non-hydrogen) atoms. The molecular formula is C20H19FO2. The quantitative estimate of drug-likeness (QED) is 0.624. The average molecular weight is 310 g/mol. The normalized spacial score (nSPS) is 10.7. The van der Waals surface area contributed by atoms with E-state index >= 15 is 0 Å². The highest BCUT2D eigenvalue weighted by Gasteiger charge is 2.09. The maximum Gasteiger partial charge on any atom is 0.172 e. The Hall–Kier alpha value is -2.55. The van der Waals surface area contributed by atoms with E-state index in [2.05, 4.69) is 0 Å². The molecule has 0 saturated carbocycles. The Labute approximate surface area is 135 Å². The van der Waals surface area contributed by atoms with Crippen molar-refractivity contribution in [2.75, 3.05) is 13.2 Å². The minimum Gasteiger partial charge on any atom is -0.494 e. The van der Waals surface area contributed by atoms with E-state index in [-0.39, 0.29) is 5.82 Å². The molecule has 0 fully saturated rings. The molecular weight excluding hydrogens is 291 g/mol. The predicted octanol–water partition coefficient (Wildman–Crippen LogP) is 5.44. The van der Waals surface area contributed by atoms with E-state index in [1.165, 1.54) is 0 Å². The zero-order valence-corrected chi connectivity index (χ0v) is 13.3. The van der Waals surface area contributed by atoms with Crippen molar-refractivity contribution in [1.29, 1.82) is 0 Å². The first kappa shape index (κ1) is 15.3. The number of halogens is 1. The molecule has 0 saturated heterocycles. The van der Waals surface area contributed by atoms with E-state index in [1.54, 1.807) is 12.1 Å². The highest BCUT2D eigenvalue weighted by Crippen LogP contribution is 2.31. The van der Waals surface area contributed by atoms with Gasteiger partial charge in [-0.3, -0.25) is 0 Å². The number of hydrogen-bond acceptors (Lipinski definition) is 2. The lowest BCUT2D eigenvalue weighted by molar-refractivity contribution is 0.323. The van der Waals surface area contributed by atoms with Gasteiger partial charge < -0.3 is 9.47 Å². The summed E-state index contributed by atoms with van der Waals surface area (Å²) < 4.78 is 25.1. The molecule has 2 nitrogen and oxygen atoms in total. The number of ether oxygens (including phenoxy) is 2. The van der Waals surface area contributed by atoms with Crippen LogP contribution in [0, 0.1) is 5.82 Å². The SMILES string of the molecule is CCOc1ccc(-c2ccc3c(F)c(OCC)ccc3c2)cc1. The van der Waals surface area contributed by atoms with Gasteiger partial charge in [0.05, 0.1) is 13.2 Å². The Balaban J connectivity index is 1.98. The van der Waals surface area contributed by atoms with Crippen molar-refractivity contribution in [3.05, 3.63) is 60.4 Å². The molecule has 0 radical (unpaired) electrons. The Morgan fingerprint density at radius 3 is 2.17 bits per heavy atom. The summed E-state index contributed by atoms with van der Waals surface area (Å²) in [5, 5.41) is 1.43. The van der Waals surface area contributed by atoms with E-state index in [4.69, 9.17) is 9.47 Å². The van der Waals surface area contributed by atoms with Crippen molar-refractivity contribution in [2.24, 2.45) is 0 Å². The van der Waals surface area contributed by atoms with Crippen molar-refractivity contribution < 1.29 is 13.9 Å². The Morgan fingerprint density at radius 2 is 1.48 bits per heavy atom. The van der Waals surface area contributed by atoms with Crippen molar-refractivity contribution in [1.82, 2.24) is 0 Å². The van der Waals surface area contributed by atoms with Gasteiger partial charge in [-0.25, -0.2) is 4.39 Å². The van der Waals surface area contributed by atoms with Crippen LogP contribution in [0.4, 0.5) is 4.39 Å². The highest BCUT2D eigenvalue weighted by molar-refractivity contribution is 5.89. The third-order valence-electron chi connectivity index (χ3n) is 3.72. The lowest BCUT2D eigenvalue weighted by Crippen LogP contribution is -1.95. The first-order valence-corrected chi connectivity index (χ1v) is 7.81. The van der Waals surface area contributed by atoms with Crippen molar-refractivity contribution >= 4 is 10.8 Å². The van der Waals surface area contributed by atoms with Crippen molar-refractivity contribution in [3.63, 3.8) is 0 Å². The van der Waals surface area contributed by atoms with Crippen LogP contribution < -0.4 is 9.47 Å². The predicted molar refractivity (Wildman–Crippen MR) is 91.7 cm³/mol. The third kappa shape index (κ3) is 3.14. The molecule has 3 aromatic carbocycles. The summed E-state index contributed by atoms with van der Waals surface area (Å²) in [4.78, 5) is 0. The van der Waals surface area contributed by atoms with Gasteiger partial charge in [0.2, 0.25) is 0 Å². The molecule has 0 N–H and O–H groups in total. The summed E-state index contributed by atoms with van der Waals surface area (Å²) >= 11 is 0. The fourth-order valence-electron chi connectivity index (χ4n) is 2.63. The molecule has 0 aliphatic rings. The molecule has 3 rings (SSSR count). The van der Waals surface area contributed by atoms with Crippen LogP contribution in [0.15, 0.2) is 54.6 Å². The van der Waals surface area contributed by atoms with E-state index in [9.17, 15) is 4.39 Å². The van der Waals surface area contributed by atoms with E-state index in [1.807, 2.05) is 56.3 Å². The van der Waals surface area contributed by atoms with E-state index < -0.39 is 0 Å². The van der Waals surface area contributed by atoms with Crippen molar-refractivity contribution in [2.45, 2.75) is 13.8 Å². The first-order valence-electron chi connectivity index (χ1n) is 7.81. The highest BCUT2D eigenvalue weighted by atomic mass is 19.1. The zero-order chi connectivity index (χ0) is 16.2. The second-order valence-electron chi connectivity index (χ2n) is 5.20. The van der Waals surface area contributed by atoms with Gasteiger partial charge in [-0.05, 0) is 54.6 Å². The van der Waals surface area contributed by atoms with Gasteiger partial charge in [0.15, 0.2) is 11.6 Å². The summed E-state index contributed by atoms with van der Waals surface area (Å²) in [6.45, 7) is 4.91. The van der Waals surface area contributed by atoms with Gasteiger partial charge in [-0.2, -0.15) is 0 Å². The number of benzene rings is 3. The van der Waals surface area contributed by atoms with Crippen LogP contribution in [0.3, 0.4) is 0 Å². The van der Waals surface area contributed by atoms with Crippen LogP contribution in [-0.2, 0) is 0 Å². The lowest BCUT2D eigenvalue weighted by atomic mass is 10.0. The standard InChI is InChI=1S/C20H19FO2/c1-3-22-17-9-5-14(6-10-17)15-7-11-18-16(13-15)8-12-19(20(18)21)23-4-2/h5-13H,3-4H2,1-2H3. The van der Waals surface area contributed by atoms with Crippen LogP contribution in [0.2, 0.25) is 0 Å². The molecule has 0 spiro atoms. The van der Waals surface area contributed by atoms with Gasteiger partial charge >= 0.3 is 0 Å². The number of hydrogen-bond donors (Lipinski definition) is 0. The largest absolute Gasteiger partial charge is 0.494 e.